The summed E-state index contributed by atoms with van der Waals surface area (Å²) in [6.07, 6.45) is 1.68. The van der Waals surface area contributed by atoms with Crippen molar-refractivity contribution < 1.29 is 4.74 Å². The number of halogens is 1. The van der Waals surface area contributed by atoms with E-state index in [1.807, 2.05) is 48.5 Å². The van der Waals surface area contributed by atoms with E-state index >= 15 is 0 Å². The quantitative estimate of drug-likeness (QED) is 0.567. The lowest BCUT2D eigenvalue weighted by molar-refractivity contribution is 0.305. The largest absolute Gasteiger partial charge is 0.488 e. The number of nitrogen functional groups attached to an aromatic ring is 1. The van der Waals surface area contributed by atoms with Crippen LogP contribution in [0.1, 0.15) is 17.0 Å². The molecule has 0 aliphatic carbocycles. The number of nitrogens with two attached hydrogens (primary N) is 1. The maximum Gasteiger partial charge on any atom is 0.230 e. The predicted molar refractivity (Wildman–Crippen MR) is 117 cm³/mol. The zero-order valence-corrected chi connectivity index (χ0v) is 17.6. The Morgan fingerprint density at radius 3 is 2.62 bits per heavy atom. The van der Waals surface area contributed by atoms with E-state index in [9.17, 15) is 5.26 Å². The molecule has 3 rings (SSSR count). The van der Waals surface area contributed by atoms with E-state index in [0.717, 1.165) is 15.6 Å². The fraction of sp³-hybridized carbons (Fsp3) is 0.143. The molecule has 0 aliphatic rings. The van der Waals surface area contributed by atoms with Crippen LogP contribution in [-0.4, -0.2) is 29.0 Å². The number of nitrogens with zero attached hydrogens (tertiary/aromatic N) is 5. The standard InChI is InChI=1S/C21H19BrN6O/c1-28(2)21-26-19(25-20(24)27-21)16(12-23)10-15-11-17(22)8-9-18(15)29-13-14-6-4-3-5-7-14/h3-11H,13H2,1-2H3,(H2,24,25,26,27)/b16-10+. The molecule has 0 aliphatic heterocycles. The van der Waals surface area contributed by atoms with E-state index in [2.05, 4.69) is 37.0 Å². The second kappa shape index (κ2) is 9.17. The number of aromatic nitrogens is 3. The Morgan fingerprint density at radius 1 is 1.17 bits per heavy atom. The minimum absolute atomic E-state index is 0.0506. The molecule has 2 N–H and O–H groups in total. The fourth-order valence-corrected chi connectivity index (χ4v) is 2.88. The molecule has 0 saturated carbocycles. The molecule has 1 heterocycles. The monoisotopic (exact) mass is 450 g/mol. The van der Waals surface area contributed by atoms with E-state index in [0.29, 0.717) is 18.3 Å². The van der Waals surface area contributed by atoms with Gasteiger partial charge in [0.05, 0.1) is 5.57 Å². The molecule has 0 amide bonds. The zero-order chi connectivity index (χ0) is 20.8. The molecule has 7 nitrogen and oxygen atoms in total. The SMILES string of the molecule is CN(C)c1nc(N)nc(/C(C#N)=C/c2cc(Br)ccc2OCc2ccccc2)n1. The highest BCUT2D eigenvalue weighted by atomic mass is 79.9. The van der Waals surface area contributed by atoms with Gasteiger partial charge in [-0.2, -0.15) is 20.2 Å². The fourth-order valence-electron chi connectivity index (χ4n) is 2.50. The van der Waals surface area contributed by atoms with Crippen molar-refractivity contribution in [1.29, 1.82) is 5.26 Å². The summed E-state index contributed by atoms with van der Waals surface area (Å²) in [5.74, 6) is 1.27. The van der Waals surface area contributed by atoms with Gasteiger partial charge in [0.25, 0.3) is 0 Å². The second-order valence-electron chi connectivity index (χ2n) is 6.34. The molecular formula is C21H19BrN6O. The van der Waals surface area contributed by atoms with Gasteiger partial charge in [0.2, 0.25) is 11.9 Å². The number of hydrogen-bond donors (Lipinski definition) is 1. The number of hydrogen-bond acceptors (Lipinski definition) is 7. The third-order valence-electron chi connectivity index (χ3n) is 3.91. The molecule has 0 atom stereocenters. The lowest BCUT2D eigenvalue weighted by Crippen LogP contribution is -2.15. The molecule has 0 fully saturated rings. The summed E-state index contributed by atoms with van der Waals surface area (Å²) in [4.78, 5) is 14.2. The summed E-state index contributed by atoms with van der Waals surface area (Å²) >= 11 is 3.47. The van der Waals surface area contributed by atoms with Crippen LogP contribution in [-0.2, 0) is 6.61 Å². The minimum atomic E-state index is 0.0506. The summed E-state index contributed by atoms with van der Waals surface area (Å²) in [7, 11) is 3.58. The molecular weight excluding hydrogens is 432 g/mol. The van der Waals surface area contributed by atoms with Gasteiger partial charge in [0, 0.05) is 24.1 Å². The van der Waals surface area contributed by atoms with Crippen molar-refractivity contribution in [3.05, 3.63) is 70.0 Å². The molecule has 0 saturated heterocycles. The first kappa shape index (κ1) is 20.3. The van der Waals surface area contributed by atoms with E-state index < -0.39 is 0 Å². The maximum atomic E-state index is 9.70. The van der Waals surface area contributed by atoms with Gasteiger partial charge in [-0.15, -0.1) is 0 Å². The summed E-state index contributed by atoms with van der Waals surface area (Å²) in [6, 6.07) is 17.6. The zero-order valence-electron chi connectivity index (χ0n) is 16.0. The summed E-state index contributed by atoms with van der Waals surface area (Å²) in [5.41, 5.74) is 7.81. The summed E-state index contributed by atoms with van der Waals surface area (Å²) in [6.45, 7) is 0.411. The van der Waals surface area contributed by atoms with Crippen LogP contribution < -0.4 is 15.4 Å². The molecule has 1 aromatic heterocycles. The number of benzene rings is 2. The molecule has 0 spiro atoms. The van der Waals surface area contributed by atoms with Crippen molar-refractivity contribution in [2.24, 2.45) is 0 Å². The predicted octanol–water partition coefficient (Wildman–Crippen LogP) is 3.93. The van der Waals surface area contributed by atoms with Crippen molar-refractivity contribution in [1.82, 2.24) is 15.0 Å². The van der Waals surface area contributed by atoms with Crippen molar-refractivity contribution in [3.63, 3.8) is 0 Å². The first-order chi connectivity index (χ1) is 14.0. The van der Waals surface area contributed by atoms with E-state index in [4.69, 9.17) is 10.5 Å². The lowest BCUT2D eigenvalue weighted by Gasteiger charge is -2.12. The van der Waals surface area contributed by atoms with Gasteiger partial charge >= 0.3 is 0 Å². The van der Waals surface area contributed by atoms with Crippen LogP contribution in [0, 0.1) is 11.3 Å². The Balaban J connectivity index is 1.97. The van der Waals surface area contributed by atoms with Crippen molar-refractivity contribution in [3.8, 4) is 11.8 Å². The first-order valence-electron chi connectivity index (χ1n) is 8.73. The third-order valence-corrected chi connectivity index (χ3v) is 4.40. The topological polar surface area (TPSA) is 101 Å². The first-order valence-corrected chi connectivity index (χ1v) is 9.53. The average molecular weight is 451 g/mol. The highest BCUT2D eigenvalue weighted by Gasteiger charge is 2.12. The van der Waals surface area contributed by atoms with Crippen molar-refractivity contribution in [2.75, 3.05) is 24.7 Å². The molecule has 29 heavy (non-hydrogen) atoms. The lowest BCUT2D eigenvalue weighted by atomic mass is 10.1. The van der Waals surface area contributed by atoms with Crippen LogP contribution >= 0.6 is 15.9 Å². The number of allylic oxidation sites excluding steroid dienone is 1. The maximum absolute atomic E-state index is 9.70. The van der Waals surface area contributed by atoms with E-state index in [-0.39, 0.29) is 17.3 Å². The Bertz CT molecular complexity index is 1080. The van der Waals surface area contributed by atoms with Crippen molar-refractivity contribution >= 4 is 39.5 Å². The van der Waals surface area contributed by atoms with E-state index in [1.165, 1.54) is 0 Å². The molecule has 3 aromatic rings. The molecule has 146 valence electrons. The molecule has 0 radical (unpaired) electrons. The van der Waals surface area contributed by atoms with Gasteiger partial charge in [0.15, 0.2) is 5.82 Å². The van der Waals surface area contributed by atoms with Crippen LogP contribution in [0.5, 0.6) is 5.75 Å². The van der Waals surface area contributed by atoms with Crippen LogP contribution in [0.2, 0.25) is 0 Å². The Kier molecular flexibility index (Phi) is 6.42. The van der Waals surface area contributed by atoms with Crippen LogP contribution in [0.4, 0.5) is 11.9 Å². The van der Waals surface area contributed by atoms with Crippen LogP contribution in [0.15, 0.2) is 53.0 Å². The number of nitriles is 1. The summed E-state index contributed by atoms with van der Waals surface area (Å²) in [5, 5.41) is 9.70. The van der Waals surface area contributed by atoms with Gasteiger partial charge in [-0.05, 0) is 29.8 Å². The Morgan fingerprint density at radius 2 is 1.93 bits per heavy atom. The average Bonchev–Trinajstić information content (AvgIpc) is 2.71. The van der Waals surface area contributed by atoms with Gasteiger partial charge < -0.3 is 15.4 Å². The highest BCUT2D eigenvalue weighted by Crippen LogP contribution is 2.28. The van der Waals surface area contributed by atoms with Gasteiger partial charge in [-0.1, -0.05) is 46.3 Å². The minimum Gasteiger partial charge on any atom is -0.488 e. The van der Waals surface area contributed by atoms with E-state index in [1.54, 1.807) is 25.1 Å². The second-order valence-corrected chi connectivity index (χ2v) is 7.25. The number of ether oxygens (including phenoxy) is 1. The van der Waals surface area contributed by atoms with Gasteiger partial charge in [-0.25, -0.2) is 0 Å². The number of anilines is 2. The molecule has 0 bridgehead atoms. The molecule has 8 heteroatoms. The highest BCUT2D eigenvalue weighted by molar-refractivity contribution is 9.10. The smallest absolute Gasteiger partial charge is 0.230 e. The summed E-state index contributed by atoms with van der Waals surface area (Å²) < 4.78 is 6.84. The van der Waals surface area contributed by atoms with Gasteiger partial charge in [-0.3, -0.25) is 0 Å². The normalized spacial score (nSPS) is 11.0. The number of rotatable bonds is 6. The van der Waals surface area contributed by atoms with Gasteiger partial charge in [0.1, 0.15) is 18.4 Å². The van der Waals surface area contributed by atoms with Crippen molar-refractivity contribution in [2.45, 2.75) is 6.61 Å². The Labute approximate surface area is 177 Å². The van der Waals surface area contributed by atoms with Crippen LogP contribution in [0.3, 0.4) is 0 Å². The molecule has 2 aromatic carbocycles. The molecule has 0 unspecified atom stereocenters. The third kappa shape index (κ3) is 5.30. The van der Waals surface area contributed by atoms with Crippen LogP contribution in [0.25, 0.3) is 11.6 Å². The Hall–Kier alpha value is -3.44.